The number of morpholine rings is 1. The molecule has 0 radical (unpaired) electrons. The lowest BCUT2D eigenvalue weighted by molar-refractivity contribution is -0.102. The van der Waals surface area contributed by atoms with Crippen LogP contribution in [0.15, 0.2) is 0 Å². The number of ether oxygens (including phenoxy) is 1. The third-order valence-electron chi connectivity index (χ3n) is 4.71. The minimum Gasteiger partial charge on any atom is -0.394 e. The zero-order chi connectivity index (χ0) is 14.6. The maximum absolute atomic E-state index is 9.36. The molecule has 1 heterocycles. The van der Waals surface area contributed by atoms with Crippen LogP contribution >= 0.6 is 0 Å². The number of hydrogen-bond donors (Lipinski definition) is 2. The molecule has 1 saturated carbocycles. The molecule has 0 bridgehead atoms. The fourth-order valence-corrected chi connectivity index (χ4v) is 3.78. The number of aliphatic hydroxyl groups excluding tert-OH is 1. The lowest BCUT2D eigenvalue weighted by atomic mass is 9.84. The minimum absolute atomic E-state index is 0.00439. The fraction of sp³-hybridized carbons (Fsp3) is 1.00. The molecule has 0 aromatic heterocycles. The molecule has 2 unspecified atom stereocenters. The van der Waals surface area contributed by atoms with Gasteiger partial charge < -0.3 is 15.2 Å². The molecule has 2 rings (SSSR count). The summed E-state index contributed by atoms with van der Waals surface area (Å²) in [6.07, 6.45) is 5.63. The fourth-order valence-electron chi connectivity index (χ4n) is 3.78. The Morgan fingerprint density at radius 3 is 2.60 bits per heavy atom. The SMILES string of the molecule is CC(C)NCC1(CN2CC(C)OC(CO)C2)CCCC1. The van der Waals surface area contributed by atoms with Crippen molar-refractivity contribution in [3.8, 4) is 0 Å². The Labute approximate surface area is 123 Å². The number of hydrogen-bond acceptors (Lipinski definition) is 4. The van der Waals surface area contributed by atoms with Gasteiger partial charge in [-0.25, -0.2) is 0 Å². The van der Waals surface area contributed by atoms with E-state index in [4.69, 9.17) is 4.74 Å². The molecule has 0 amide bonds. The molecule has 2 aliphatic rings. The zero-order valence-electron chi connectivity index (χ0n) is 13.4. The average Bonchev–Trinajstić information content (AvgIpc) is 2.84. The monoisotopic (exact) mass is 284 g/mol. The first-order valence-corrected chi connectivity index (χ1v) is 8.25. The molecule has 2 fully saturated rings. The van der Waals surface area contributed by atoms with Crippen LogP contribution in [-0.4, -0.2) is 61.0 Å². The summed E-state index contributed by atoms with van der Waals surface area (Å²) in [5.41, 5.74) is 0.432. The Morgan fingerprint density at radius 2 is 2.00 bits per heavy atom. The minimum atomic E-state index is -0.00439. The Bertz CT molecular complexity index is 290. The molecule has 1 saturated heterocycles. The topological polar surface area (TPSA) is 44.7 Å². The molecule has 0 aromatic carbocycles. The van der Waals surface area contributed by atoms with Gasteiger partial charge >= 0.3 is 0 Å². The summed E-state index contributed by atoms with van der Waals surface area (Å²) < 4.78 is 5.75. The largest absolute Gasteiger partial charge is 0.394 e. The third kappa shape index (κ3) is 4.42. The predicted octanol–water partition coefficient (Wildman–Crippen LogP) is 1.63. The van der Waals surface area contributed by atoms with E-state index < -0.39 is 0 Å². The van der Waals surface area contributed by atoms with Gasteiger partial charge in [0.1, 0.15) is 0 Å². The Morgan fingerprint density at radius 1 is 1.30 bits per heavy atom. The molecule has 1 aliphatic carbocycles. The Kier molecular flexibility index (Phi) is 5.84. The van der Waals surface area contributed by atoms with Gasteiger partial charge in [0.25, 0.3) is 0 Å². The Hall–Kier alpha value is -0.160. The molecule has 0 spiro atoms. The van der Waals surface area contributed by atoms with E-state index in [2.05, 4.69) is 31.0 Å². The lowest BCUT2D eigenvalue weighted by Gasteiger charge is -2.42. The second kappa shape index (κ2) is 7.21. The molecule has 4 heteroatoms. The van der Waals surface area contributed by atoms with Crippen LogP contribution in [0.5, 0.6) is 0 Å². The van der Waals surface area contributed by atoms with Crippen LogP contribution in [0, 0.1) is 5.41 Å². The molecular formula is C16H32N2O2. The van der Waals surface area contributed by atoms with Crippen molar-refractivity contribution in [3.05, 3.63) is 0 Å². The van der Waals surface area contributed by atoms with Crippen LogP contribution in [-0.2, 0) is 4.74 Å². The number of aliphatic hydroxyl groups is 1. The van der Waals surface area contributed by atoms with Crippen molar-refractivity contribution in [1.29, 1.82) is 0 Å². The molecule has 0 aromatic rings. The smallest absolute Gasteiger partial charge is 0.0936 e. The van der Waals surface area contributed by atoms with Gasteiger partial charge in [0, 0.05) is 32.2 Å². The van der Waals surface area contributed by atoms with E-state index in [0.717, 1.165) is 26.2 Å². The lowest BCUT2D eigenvalue weighted by Crippen LogP contribution is -2.52. The molecule has 1 aliphatic heterocycles. The number of rotatable bonds is 6. The highest BCUT2D eigenvalue weighted by Gasteiger charge is 2.37. The summed E-state index contributed by atoms with van der Waals surface area (Å²) in [6, 6.07) is 0.557. The number of nitrogens with zero attached hydrogens (tertiary/aromatic N) is 1. The van der Waals surface area contributed by atoms with Gasteiger partial charge in [-0.2, -0.15) is 0 Å². The summed E-state index contributed by atoms with van der Waals surface area (Å²) in [4.78, 5) is 2.52. The van der Waals surface area contributed by atoms with Crippen molar-refractivity contribution < 1.29 is 9.84 Å². The van der Waals surface area contributed by atoms with E-state index in [1.807, 2.05) is 0 Å². The predicted molar refractivity (Wildman–Crippen MR) is 81.9 cm³/mol. The maximum atomic E-state index is 9.36. The van der Waals surface area contributed by atoms with Crippen molar-refractivity contribution in [2.75, 3.05) is 32.8 Å². The van der Waals surface area contributed by atoms with Crippen molar-refractivity contribution in [1.82, 2.24) is 10.2 Å². The quantitative estimate of drug-likeness (QED) is 0.778. The van der Waals surface area contributed by atoms with Gasteiger partial charge in [-0.3, -0.25) is 4.90 Å². The van der Waals surface area contributed by atoms with E-state index in [9.17, 15) is 5.11 Å². The molecule has 2 atom stereocenters. The summed E-state index contributed by atoms with van der Waals surface area (Å²) in [5.74, 6) is 0. The first-order valence-electron chi connectivity index (χ1n) is 8.25. The number of nitrogens with one attached hydrogen (secondary N) is 1. The van der Waals surface area contributed by atoms with Gasteiger partial charge in [0.15, 0.2) is 0 Å². The first-order chi connectivity index (χ1) is 9.53. The highest BCUT2D eigenvalue weighted by molar-refractivity contribution is 4.91. The highest BCUT2D eigenvalue weighted by Crippen LogP contribution is 2.38. The first kappa shape index (κ1) is 16.2. The molecule has 20 heavy (non-hydrogen) atoms. The van der Waals surface area contributed by atoms with Crippen LogP contribution in [0.4, 0.5) is 0 Å². The third-order valence-corrected chi connectivity index (χ3v) is 4.71. The van der Waals surface area contributed by atoms with Crippen molar-refractivity contribution in [2.24, 2.45) is 5.41 Å². The molecule has 2 N–H and O–H groups in total. The summed E-state index contributed by atoms with van der Waals surface area (Å²) >= 11 is 0. The van der Waals surface area contributed by atoms with Gasteiger partial charge in [0.2, 0.25) is 0 Å². The molecule has 118 valence electrons. The second-order valence-corrected chi connectivity index (χ2v) is 7.19. The molecule has 4 nitrogen and oxygen atoms in total. The van der Waals surface area contributed by atoms with Gasteiger partial charge in [-0.05, 0) is 25.2 Å². The van der Waals surface area contributed by atoms with E-state index in [1.54, 1.807) is 0 Å². The highest BCUT2D eigenvalue weighted by atomic mass is 16.5. The van der Waals surface area contributed by atoms with Crippen LogP contribution in [0.25, 0.3) is 0 Å². The van der Waals surface area contributed by atoms with Crippen molar-refractivity contribution >= 4 is 0 Å². The summed E-state index contributed by atoms with van der Waals surface area (Å²) in [7, 11) is 0. The van der Waals surface area contributed by atoms with Crippen LogP contribution in [0.2, 0.25) is 0 Å². The zero-order valence-corrected chi connectivity index (χ0v) is 13.4. The van der Waals surface area contributed by atoms with Gasteiger partial charge in [-0.15, -0.1) is 0 Å². The summed E-state index contributed by atoms with van der Waals surface area (Å²) in [5, 5.41) is 13.0. The van der Waals surface area contributed by atoms with Gasteiger partial charge in [-0.1, -0.05) is 26.7 Å². The normalized spacial score (nSPS) is 31.1. The van der Waals surface area contributed by atoms with Crippen LogP contribution in [0.1, 0.15) is 46.5 Å². The Balaban J connectivity index is 1.93. The average molecular weight is 284 g/mol. The molecular weight excluding hydrogens is 252 g/mol. The van der Waals surface area contributed by atoms with E-state index in [-0.39, 0.29) is 18.8 Å². The van der Waals surface area contributed by atoms with Crippen molar-refractivity contribution in [2.45, 2.75) is 64.7 Å². The second-order valence-electron chi connectivity index (χ2n) is 7.19. The van der Waals surface area contributed by atoms with Crippen LogP contribution < -0.4 is 5.32 Å². The summed E-state index contributed by atoms with van der Waals surface area (Å²) in [6.45, 7) is 10.9. The van der Waals surface area contributed by atoms with E-state index >= 15 is 0 Å². The standard InChI is InChI=1S/C16H32N2O2/c1-13(2)17-11-16(6-4-5-7-16)12-18-8-14(3)20-15(9-18)10-19/h13-15,17,19H,4-12H2,1-3H3. The van der Waals surface area contributed by atoms with Crippen molar-refractivity contribution in [3.63, 3.8) is 0 Å². The maximum Gasteiger partial charge on any atom is 0.0936 e. The van der Waals surface area contributed by atoms with E-state index in [1.165, 1.54) is 25.7 Å². The van der Waals surface area contributed by atoms with E-state index in [0.29, 0.717) is 11.5 Å². The van der Waals surface area contributed by atoms with Crippen LogP contribution in [0.3, 0.4) is 0 Å². The van der Waals surface area contributed by atoms with Gasteiger partial charge in [0.05, 0.1) is 18.8 Å².